The molecular formula is C18H20FN3O2. The summed E-state index contributed by atoms with van der Waals surface area (Å²) >= 11 is 0. The molecule has 0 amide bonds. The van der Waals surface area contributed by atoms with Gasteiger partial charge in [-0.2, -0.15) is 5.10 Å². The number of nitrogens with zero attached hydrogens (tertiary/aromatic N) is 2. The summed E-state index contributed by atoms with van der Waals surface area (Å²) < 4.78 is 19.8. The highest BCUT2D eigenvalue weighted by Crippen LogP contribution is 2.43. The zero-order valence-corrected chi connectivity index (χ0v) is 13.8. The molecule has 3 rings (SSSR count). The van der Waals surface area contributed by atoms with E-state index in [0.29, 0.717) is 23.5 Å². The fourth-order valence-corrected chi connectivity index (χ4v) is 3.24. The molecule has 6 heteroatoms. The van der Waals surface area contributed by atoms with Crippen molar-refractivity contribution in [2.75, 3.05) is 6.61 Å². The van der Waals surface area contributed by atoms with Crippen LogP contribution in [0.25, 0.3) is 0 Å². The Kier molecular flexibility index (Phi) is 4.74. The van der Waals surface area contributed by atoms with Gasteiger partial charge in [0.25, 0.3) is 0 Å². The van der Waals surface area contributed by atoms with Gasteiger partial charge in [-0.05, 0) is 25.0 Å². The predicted octanol–water partition coefficient (Wildman–Crippen LogP) is 3.75. The lowest BCUT2D eigenvalue weighted by Gasteiger charge is -2.30. The maximum Gasteiger partial charge on any atom is 0.315 e. The van der Waals surface area contributed by atoms with Crippen molar-refractivity contribution in [2.24, 2.45) is 10.9 Å². The second-order valence-corrected chi connectivity index (χ2v) is 5.76. The van der Waals surface area contributed by atoms with Gasteiger partial charge in [-0.15, -0.1) is 0 Å². The molecule has 0 saturated heterocycles. The van der Waals surface area contributed by atoms with Gasteiger partial charge in [-0.1, -0.05) is 31.5 Å². The van der Waals surface area contributed by atoms with E-state index in [0.717, 1.165) is 12.0 Å². The van der Waals surface area contributed by atoms with Crippen LogP contribution in [0.15, 0.2) is 35.5 Å². The number of halogens is 1. The van der Waals surface area contributed by atoms with E-state index < -0.39 is 11.8 Å². The second-order valence-electron chi connectivity index (χ2n) is 5.76. The summed E-state index contributed by atoms with van der Waals surface area (Å²) in [6.07, 6.45) is 3.10. The number of aromatic amines is 1. The topological polar surface area (TPSA) is 67.3 Å². The molecule has 24 heavy (non-hydrogen) atoms. The number of carbonyl (C=O) groups is 1. The average molecular weight is 329 g/mol. The van der Waals surface area contributed by atoms with Gasteiger partial charge in [0.1, 0.15) is 11.7 Å². The minimum Gasteiger partial charge on any atom is -0.465 e. The molecule has 0 saturated carbocycles. The lowest BCUT2D eigenvalue weighted by atomic mass is 9.76. The third-order valence-electron chi connectivity index (χ3n) is 4.22. The summed E-state index contributed by atoms with van der Waals surface area (Å²) in [5, 5.41) is 6.88. The monoisotopic (exact) mass is 329 g/mol. The third-order valence-corrected chi connectivity index (χ3v) is 4.22. The van der Waals surface area contributed by atoms with Crippen molar-refractivity contribution < 1.29 is 13.9 Å². The molecule has 5 nitrogen and oxygen atoms in total. The number of hydrogen-bond acceptors (Lipinski definition) is 4. The Bertz CT molecular complexity index is 769. The van der Waals surface area contributed by atoms with Gasteiger partial charge in [0.05, 0.1) is 12.8 Å². The van der Waals surface area contributed by atoms with Crippen molar-refractivity contribution >= 4 is 17.5 Å². The summed E-state index contributed by atoms with van der Waals surface area (Å²) in [7, 11) is 0. The smallest absolute Gasteiger partial charge is 0.315 e. The van der Waals surface area contributed by atoms with Crippen molar-refractivity contribution in [3.05, 3.63) is 47.4 Å². The Morgan fingerprint density at radius 1 is 1.29 bits per heavy atom. The Balaban J connectivity index is 2.16. The number of H-pyrrole nitrogens is 1. The lowest BCUT2D eigenvalue weighted by molar-refractivity contribution is -0.146. The highest BCUT2D eigenvalue weighted by atomic mass is 19.1. The maximum atomic E-state index is 14.5. The fraction of sp³-hybridized carbons (Fsp3) is 0.389. The molecule has 2 heterocycles. The molecule has 1 aliphatic heterocycles. The van der Waals surface area contributed by atoms with Crippen LogP contribution in [0.2, 0.25) is 0 Å². The van der Waals surface area contributed by atoms with Crippen molar-refractivity contribution in [1.29, 1.82) is 0 Å². The average Bonchev–Trinajstić information content (AvgIpc) is 3.03. The number of aromatic nitrogens is 2. The van der Waals surface area contributed by atoms with Crippen molar-refractivity contribution in [3.8, 4) is 0 Å². The SMILES string of the molecule is CCCC1=Nc2[nH]ncc2C(c2ccccc2F)C1C(=O)OCC. The molecule has 0 bridgehead atoms. The van der Waals surface area contributed by atoms with Crippen molar-refractivity contribution in [1.82, 2.24) is 10.2 Å². The van der Waals surface area contributed by atoms with Gasteiger partial charge in [0, 0.05) is 17.2 Å². The number of carbonyl (C=O) groups excluding carboxylic acids is 1. The molecule has 126 valence electrons. The van der Waals surface area contributed by atoms with Crippen LogP contribution in [0.1, 0.15) is 43.7 Å². The summed E-state index contributed by atoms with van der Waals surface area (Å²) in [6.45, 7) is 4.06. The first kappa shape index (κ1) is 16.4. The van der Waals surface area contributed by atoms with Crippen LogP contribution < -0.4 is 0 Å². The molecule has 0 radical (unpaired) electrons. The van der Waals surface area contributed by atoms with Crippen molar-refractivity contribution in [2.45, 2.75) is 32.6 Å². The van der Waals surface area contributed by atoms with Gasteiger partial charge < -0.3 is 4.74 Å². The van der Waals surface area contributed by atoms with E-state index in [4.69, 9.17) is 4.74 Å². The van der Waals surface area contributed by atoms with E-state index in [-0.39, 0.29) is 18.4 Å². The number of benzene rings is 1. The first-order chi connectivity index (χ1) is 11.7. The van der Waals surface area contributed by atoms with Crippen LogP contribution in [0.4, 0.5) is 10.2 Å². The zero-order valence-electron chi connectivity index (χ0n) is 13.8. The molecule has 2 atom stereocenters. The van der Waals surface area contributed by atoms with Gasteiger partial charge in [-0.25, -0.2) is 9.38 Å². The molecule has 1 aromatic heterocycles. The highest BCUT2D eigenvalue weighted by molar-refractivity contribution is 6.06. The van der Waals surface area contributed by atoms with E-state index in [9.17, 15) is 9.18 Å². The number of ether oxygens (including phenoxy) is 1. The Labute approximate surface area is 140 Å². The molecule has 0 aliphatic carbocycles. The normalized spacial score (nSPS) is 19.5. The van der Waals surface area contributed by atoms with Crippen LogP contribution in [-0.4, -0.2) is 28.5 Å². The van der Waals surface area contributed by atoms with Crippen LogP contribution in [0, 0.1) is 11.7 Å². The molecular weight excluding hydrogens is 309 g/mol. The first-order valence-corrected chi connectivity index (χ1v) is 8.19. The molecule has 1 aliphatic rings. The minimum absolute atomic E-state index is 0.275. The van der Waals surface area contributed by atoms with E-state index in [1.165, 1.54) is 6.07 Å². The van der Waals surface area contributed by atoms with E-state index in [1.54, 1.807) is 31.3 Å². The largest absolute Gasteiger partial charge is 0.465 e. The second kappa shape index (κ2) is 6.95. The molecule has 2 unspecified atom stereocenters. The number of fused-ring (bicyclic) bond motifs is 1. The molecule has 0 fully saturated rings. The summed E-state index contributed by atoms with van der Waals surface area (Å²) in [6, 6.07) is 6.52. The van der Waals surface area contributed by atoms with Gasteiger partial charge >= 0.3 is 5.97 Å². The van der Waals surface area contributed by atoms with E-state index in [1.807, 2.05) is 6.92 Å². The Morgan fingerprint density at radius 2 is 2.08 bits per heavy atom. The number of esters is 1. The molecule has 1 N–H and O–H groups in total. The standard InChI is InChI=1S/C18H20FN3O2/c1-3-7-14-16(18(23)24-4-2)15(11-8-5-6-9-13(11)19)12-10-20-22-17(12)21-14/h5-6,8-10,15-16H,3-4,7H2,1-2H3,(H,20,22). The number of aliphatic imine (C=N–C) groups is 1. The number of nitrogens with one attached hydrogen (secondary N) is 1. The number of hydrogen-bond donors (Lipinski definition) is 1. The van der Waals surface area contributed by atoms with Crippen LogP contribution in [0.3, 0.4) is 0 Å². The van der Waals surface area contributed by atoms with E-state index >= 15 is 0 Å². The predicted molar refractivity (Wildman–Crippen MR) is 89.0 cm³/mol. The zero-order chi connectivity index (χ0) is 17.1. The van der Waals surface area contributed by atoms with Crippen molar-refractivity contribution in [3.63, 3.8) is 0 Å². The van der Waals surface area contributed by atoms with Crippen LogP contribution in [0.5, 0.6) is 0 Å². The Hall–Kier alpha value is -2.50. The maximum absolute atomic E-state index is 14.5. The highest BCUT2D eigenvalue weighted by Gasteiger charge is 2.41. The third kappa shape index (κ3) is 2.84. The summed E-state index contributed by atoms with van der Waals surface area (Å²) in [5.74, 6) is -1.25. The summed E-state index contributed by atoms with van der Waals surface area (Å²) in [5.41, 5.74) is 1.89. The minimum atomic E-state index is -0.633. The van der Waals surface area contributed by atoms with E-state index in [2.05, 4.69) is 15.2 Å². The van der Waals surface area contributed by atoms with Gasteiger partial charge in [0.2, 0.25) is 0 Å². The molecule has 1 aromatic carbocycles. The molecule has 2 aromatic rings. The summed E-state index contributed by atoms with van der Waals surface area (Å²) in [4.78, 5) is 17.2. The lowest BCUT2D eigenvalue weighted by Crippen LogP contribution is -2.34. The van der Waals surface area contributed by atoms with Crippen LogP contribution in [-0.2, 0) is 9.53 Å². The first-order valence-electron chi connectivity index (χ1n) is 8.19. The van der Waals surface area contributed by atoms with Gasteiger partial charge in [-0.3, -0.25) is 9.89 Å². The van der Waals surface area contributed by atoms with Crippen LogP contribution >= 0.6 is 0 Å². The quantitative estimate of drug-likeness (QED) is 0.850. The molecule has 0 spiro atoms. The van der Waals surface area contributed by atoms with Gasteiger partial charge in [0.15, 0.2) is 5.82 Å². The Morgan fingerprint density at radius 3 is 2.79 bits per heavy atom. The number of rotatable bonds is 5. The fourth-order valence-electron chi connectivity index (χ4n) is 3.24.